The standard InChI is InChI=1S/C21H25FN2O2/c1-3-6-16-13-17(21(25)20(14-16)26-2)15-23-9-11-24(12-10-23)19-8-5-4-7-18(19)22/h3-8,13-14,25H,9-12,15H2,1-2H3. The lowest BCUT2D eigenvalue weighted by atomic mass is 10.1. The number of benzene rings is 2. The van der Waals surface area contributed by atoms with E-state index < -0.39 is 0 Å². The summed E-state index contributed by atoms with van der Waals surface area (Å²) in [5, 5.41) is 10.4. The first-order valence-corrected chi connectivity index (χ1v) is 8.86. The number of halogens is 1. The summed E-state index contributed by atoms with van der Waals surface area (Å²) in [7, 11) is 1.56. The van der Waals surface area contributed by atoms with Gasteiger partial charge < -0.3 is 14.7 Å². The van der Waals surface area contributed by atoms with E-state index >= 15 is 0 Å². The lowest BCUT2D eigenvalue weighted by Crippen LogP contribution is -2.46. The smallest absolute Gasteiger partial charge is 0.162 e. The Balaban J connectivity index is 1.70. The van der Waals surface area contributed by atoms with Gasteiger partial charge in [0, 0.05) is 38.3 Å². The number of hydrogen-bond acceptors (Lipinski definition) is 4. The van der Waals surface area contributed by atoms with Gasteiger partial charge in [0.05, 0.1) is 12.8 Å². The maximum absolute atomic E-state index is 14.0. The molecule has 5 heteroatoms. The minimum absolute atomic E-state index is 0.178. The van der Waals surface area contributed by atoms with Crippen molar-refractivity contribution in [3.8, 4) is 11.5 Å². The molecule has 4 nitrogen and oxygen atoms in total. The molecule has 0 aromatic heterocycles. The van der Waals surface area contributed by atoms with E-state index in [1.165, 1.54) is 6.07 Å². The Kier molecular flexibility index (Phi) is 5.78. The fraction of sp³-hybridized carbons (Fsp3) is 0.333. The van der Waals surface area contributed by atoms with E-state index in [9.17, 15) is 9.50 Å². The van der Waals surface area contributed by atoms with Gasteiger partial charge in [-0.15, -0.1) is 0 Å². The normalized spacial score (nSPS) is 15.6. The molecule has 0 radical (unpaired) electrons. The number of allylic oxidation sites excluding steroid dienone is 1. The lowest BCUT2D eigenvalue weighted by molar-refractivity contribution is 0.245. The van der Waals surface area contributed by atoms with E-state index in [-0.39, 0.29) is 11.6 Å². The monoisotopic (exact) mass is 356 g/mol. The van der Waals surface area contributed by atoms with Crippen molar-refractivity contribution in [3.63, 3.8) is 0 Å². The van der Waals surface area contributed by atoms with Gasteiger partial charge in [0.15, 0.2) is 11.5 Å². The number of methoxy groups -OCH3 is 1. The van der Waals surface area contributed by atoms with Crippen LogP contribution in [0.3, 0.4) is 0 Å². The summed E-state index contributed by atoms with van der Waals surface area (Å²) in [5.41, 5.74) is 2.51. The molecule has 1 aliphatic rings. The summed E-state index contributed by atoms with van der Waals surface area (Å²) in [6, 6.07) is 10.7. The van der Waals surface area contributed by atoms with Crippen LogP contribution in [-0.2, 0) is 6.54 Å². The zero-order chi connectivity index (χ0) is 18.5. The van der Waals surface area contributed by atoms with Crippen LogP contribution < -0.4 is 9.64 Å². The second-order valence-corrected chi connectivity index (χ2v) is 6.45. The van der Waals surface area contributed by atoms with Gasteiger partial charge in [-0.2, -0.15) is 0 Å². The number of phenols is 1. The van der Waals surface area contributed by atoms with E-state index in [0.717, 1.165) is 37.3 Å². The third-order valence-electron chi connectivity index (χ3n) is 4.71. The molecule has 0 atom stereocenters. The number of ether oxygens (including phenoxy) is 1. The highest BCUT2D eigenvalue weighted by Crippen LogP contribution is 2.33. The minimum Gasteiger partial charge on any atom is -0.504 e. The van der Waals surface area contributed by atoms with Crippen LogP contribution >= 0.6 is 0 Å². The number of nitrogens with zero attached hydrogens (tertiary/aromatic N) is 2. The lowest BCUT2D eigenvalue weighted by Gasteiger charge is -2.36. The predicted octanol–water partition coefficient (Wildman–Crippen LogP) is 3.90. The summed E-state index contributed by atoms with van der Waals surface area (Å²) >= 11 is 0. The van der Waals surface area contributed by atoms with E-state index in [0.29, 0.717) is 18.0 Å². The summed E-state index contributed by atoms with van der Waals surface area (Å²) in [6.45, 7) is 5.73. The van der Waals surface area contributed by atoms with Crippen molar-refractivity contribution in [1.82, 2.24) is 4.90 Å². The van der Waals surface area contributed by atoms with Crippen molar-refractivity contribution in [3.05, 3.63) is 59.4 Å². The Morgan fingerprint density at radius 2 is 1.88 bits per heavy atom. The molecule has 1 saturated heterocycles. The van der Waals surface area contributed by atoms with Crippen molar-refractivity contribution in [1.29, 1.82) is 0 Å². The molecule has 1 aliphatic heterocycles. The van der Waals surface area contributed by atoms with E-state index in [1.807, 2.05) is 43.3 Å². The molecule has 0 saturated carbocycles. The first kappa shape index (κ1) is 18.3. The van der Waals surface area contributed by atoms with Crippen LogP contribution in [0.1, 0.15) is 18.1 Å². The topological polar surface area (TPSA) is 35.9 Å². The Hall–Kier alpha value is -2.53. The van der Waals surface area contributed by atoms with E-state index in [1.54, 1.807) is 13.2 Å². The zero-order valence-electron chi connectivity index (χ0n) is 15.3. The first-order chi connectivity index (χ1) is 12.6. The molecule has 26 heavy (non-hydrogen) atoms. The molecule has 0 aliphatic carbocycles. The third kappa shape index (κ3) is 3.99. The molecule has 0 unspecified atom stereocenters. The van der Waals surface area contributed by atoms with Crippen molar-refractivity contribution < 1.29 is 14.2 Å². The molecular formula is C21H25FN2O2. The number of aromatic hydroxyl groups is 1. The van der Waals surface area contributed by atoms with Gasteiger partial charge in [0.2, 0.25) is 0 Å². The largest absolute Gasteiger partial charge is 0.504 e. The molecule has 2 aromatic rings. The molecule has 0 bridgehead atoms. The van der Waals surface area contributed by atoms with Gasteiger partial charge in [-0.3, -0.25) is 4.90 Å². The molecule has 3 rings (SSSR count). The van der Waals surface area contributed by atoms with E-state index in [4.69, 9.17) is 4.74 Å². The van der Waals surface area contributed by atoms with Gasteiger partial charge in [-0.05, 0) is 36.8 Å². The van der Waals surface area contributed by atoms with Crippen molar-refractivity contribution >= 4 is 11.8 Å². The maximum atomic E-state index is 14.0. The molecule has 138 valence electrons. The number of para-hydroxylation sites is 1. The highest BCUT2D eigenvalue weighted by atomic mass is 19.1. The average Bonchev–Trinajstić information content (AvgIpc) is 2.65. The van der Waals surface area contributed by atoms with Crippen LogP contribution in [0, 0.1) is 5.82 Å². The van der Waals surface area contributed by atoms with E-state index in [2.05, 4.69) is 9.80 Å². The Morgan fingerprint density at radius 1 is 1.15 bits per heavy atom. The number of rotatable bonds is 5. The summed E-state index contributed by atoms with van der Waals surface area (Å²) < 4.78 is 19.3. The van der Waals surface area contributed by atoms with Gasteiger partial charge in [0.25, 0.3) is 0 Å². The second kappa shape index (κ2) is 8.23. The van der Waals surface area contributed by atoms with Crippen LogP contribution in [-0.4, -0.2) is 43.3 Å². The Bertz CT molecular complexity index is 784. The number of hydrogen-bond donors (Lipinski definition) is 1. The van der Waals surface area contributed by atoms with Gasteiger partial charge in [0.1, 0.15) is 5.82 Å². The van der Waals surface area contributed by atoms with Crippen LogP contribution in [0.15, 0.2) is 42.5 Å². The number of anilines is 1. The third-order valence-corrected chi connectivity index (χ3v) is 4.71. The summed E-state index contributed by atoms with van der Waals surface area (Å²) in [5.74, 6) is 0.500. The first-order valence-electron chi connectivity index (χ1n) is 8.86. The minimum atomic E-state index is -0.178. The van der Waals surface area contributed by atoms with Crippen LogP contribution in [0.25, 0.3) is 6.08 Å². The molecular weight excluding hydrogens is 331 g/mol. The Labute approximate surface area is 154 Å². The van der Waals surface area contributed by atoms with Crippen molar-refractivity contribution in [2.75, 3.05) is 38.2 Å². The van der Waals surface area contributed by atoms with Crippen LogP contribution in [0.5, 0.6) is 11.5 Å². The molecule has 1 fully saturated rings. The highest BCUT2D eigenvalue weighted by Gasteiger charge is 2.21. The predicted molar refractivity (Wildman–Crippen MR) is 103 cm³/mol. The number of phenolic OH excluding ortho intramolecular Hbond substituents is 1. The maximum Gasteiger partial charge on any atom is 0.162 e. The summed E-state index contributed by atoms with van der Waals surface area (Å²) in [6.07, 6.45) is 3.95. The Morgan fingerprint density at radius 3 is 2.54 bits per heavy atom. The quantitative estimate of drug-likeness (QED) is 0.882. The van der Waals surface area contributed by atoms with Crippen molar-refractivity contribution in [2.45, 2.75) is 13.5 Å². The SMILES string of the molecule is CC=Cc1cc(CN2CCN(c3ccccc3F)CC2)c(O)c(OC)c1. The van der Waals surface area contributed by atoms with Gasteiger partial charge >= 0.3 is 0 Å². The molecule has 0 amide bonds. The molecule has 0 spiro atoms. The van der Waals surface area contributed by atoms with Crippen LogP contribution in [0.4, 0.5) is 10.1 Å². The summed E-state index contributed by atoms with van der Waals surface area (Å²) in [4.78, 5) is 4.34. The van der Waals surface area contributed by atoms with Crippen LogP contribution in [0.2, 0.25) is 0 Å². The zero-order valence-corrected chi connectivity index (χ0v) is 15.3. The fourth-order valence-electron chi connectivity index (χ4n) is 3.35. The molecule has 2 aromatic carbocycles. The number of piperazine rings is 1. The van der Waals surface area contributed by atoms with Crippen molar-refractivity contribution in [2.24, 2.45) is 0 Å². The fourth-order valence-corrected chi connectivity index (χ4v) is 3.35. The molecule has 1 N–H and O–H groups in total. The molecule has 1 heterocycles. The van der Waals surface area contributed by atoms with Gasteiger partial charge in [-0.1, -0.05) is 24.3 Å². The second-order valence-electron chi connectivity index (χ2n) is 6.45. The average molecular weight is 356 g/mol. The highest BCUT2D eigenvalue weighted by molar-refractivity contribution is 5.58. The van der Waals surface area contributed by atoms with Gasteiger partial charge in [-0.25, -0.2) is 4.39 Å².